The van der Waals surface area contributed by atoms with Crippen LogP contribution in [0.5, 0.6) is 0 Å². The van der Waals surface area contributed by atoms with E-state index in [1.54, 1.807) is 6.07 Å². The molecule has 0 radical (unpaired) electrons. The van der Waals surface area contributed by atoms with E-state index in [1.165, 1.54) is 37.3 Å². The van der Waals surface area contributed by atoms with Gasteiger partial charge >= 0.3 is 12.2 Å². The van der Waals surface area contributed by atoms with E-state index in [0.29, 0.717) is 12.0 Å². The number of halogens is 4. The molecule has 0 aliphatic heterocycles. The fraction of sp³-hybridized carbons (Fsp3) is 0.316. The lowest BCUT2D eigenvalue weighted by Gasteiger charge is -2.22. The highest BCUT2D eigenvalue weighted by Gasteiger charge is 2.29. The van der Waals surface area contributed by atoms with E-state index in [4.69, 9.17) is 0 Å². The van der Waals surface area contributed by atoms with Crippen LogP contribution in [0.15, 0.2) is 48.5 Å². The third-order valence-electron chi connectivity index (χ3n) is 3.99. The summed E-state index contributed by atoms with van der Waals surface area (Å²) < 4.78 is 51.4. The molecule has 0 aliphatic rings. The van der Waals surface area contributed by atoms with Gasteiger partial charge in [0, 0.05) is 12.1 Å². The van der Waals surface area contributed by atoms with Crippen LogP contribution in [-0.4, -0.2) is 23.8 Å². The van der Waals surface area contributed by atoms with Crippen LogP contribution in [0.1, 0.15) is 29.7 Å². The van der Waals surface area contributed by atoms with Crippen LogP contribution < -0.4 is 10.6 Å². The van der Waals surface area contributed by atoms with Gasteiger partial charge in [-0.25, -0.2) is 9.18 Å². The molecule has 2 rings (SSSR count). The molecule has 0 spiro atoms. The van der Waals surface area contributed by atoms with Gasteiger partial charge in [-0.1, -0.05) is 30.3 Å². The molecule has 3 N–H and O–H groups in total. The zero-order valence-corrected chi connectivity index (χ0v) is 14.6. The summed E-state index contributed by atoms with van der Waals surface area (Å²) in [5, 5.41) is 14.9. The maximum atomic E-state index is 13.9. The van der Waals surface area contributed by atoms with Gasteiger partial charge in [0.25, 0.3) is 0 Å². The molecule has 2 unspecified atom stereocenters. The van der Waals surface area contributed by atoms with Crippen molar-refractivity contribution in [2.45, 2.75) is 31.7 Å². The largest absolute Gasteiger partial charge is 0.416 e. The number of hydrogen-bond acceptors (Lipinski definition) is 2. The van der Waals surface area contributed by atoms with E-state index >= 15 is 0 Å². The Morgan fingerprint density at radius 2 is 1.74 bits per heavy atom. The lowest BCUT2D eigenvalue weighted by molar-refractivity contribution is -0.137. The number of amides is 2. The Morgan fingerprint density at radius 3 is 2.30 bits per heavy atom. The Hall–Kier alpha value is -2.61. The molecule has 0 fully saturated rings. The average Bonchev–Trinajstić information content (AvgIpc) is 2.60. The molecule has 4 nitrogen and oxygen atoms in total. The number of nitrogens with one attached hydrogen (secondary N) is 2. The molecular formula is C19H20F4N2O2. The molecule has 27 heavy (non-hydrogen) atoms. The highest BCUT2D eigenvalue weighted by atomic mass is 19.4. The summed E-state index contributed by atoms with van der Waals surface area (Å²) in [6.45, 7) is 1.60. The summed E-state index contributed by atoms with van der Waals surface area (Å²) in [6, 6.07) is 8.91. The normalized spacial score (nSPS) is 13.7. The maximum Gasteiger partial charge on any atom is 0.416 e. The third-order valence-corrected chi connectivity index (χ3v) is 3.99. The molecular weight excluding hydrogens is 364 g/mol. The molecule has 0 heterocycles. The number of aliphatic hydroxyl groups is 1. The predicted molar refractivity (Wildman–Crippen MR) is 92.5 cm³/mol. The summed E-state index contributed by atoms with van der Waals surface area (Å²) in [4.78, 5) is 12.0. The van der Waals surface area contributed by atoms with E-state index in [-0.39, 0.29) is 12.1 Å². The SMILES string of the molecule is CC(O)C(NC(=O)NCCc1ccc(C(F)(F)F)cc1)c1ccccc1F. The fourth-order valence-corrected chi connectivity index (χ4v) is 2.56. The summed E-state index contributed by atoms with van der Waals surface area (Å²) in [5.41, 5.74) is 0.0523. The molecule has 0 bridgehead atoms. The first-order valence-electron chi connectivity index (χ1n) is 8.31. The molecule has 0 aromatic heterocycles. The Bertz CT molecular complexity index is 761. The van der Waals surface area contributed by atoms with Crippen molar-refractivity contribution in [1.29, 1.82) is 0 Å². The van der Waals surface area contributed by atoms with Crippen molar-refractivity contribution in [1.82, 2.24) is 10.6 Å². The van der Waals surface area contributed by atoms with Crippen LogP contribution in [0.2, 0.25) is 0 Å². The van der Waals surface area contributed by atoms with Gasteiger partial charge in [0.05, 0.1) is 17.7 Å². The minimum Gasteiger partial charge on any atom is -0.391 e. The van der Waals surface area contributed by atoms with Gasteiger partial charge in [-0.2, -0.15) is 13.2 Å². The van der Waals surface area contributed by atoms with Crippen molar-refractivity contribution in [2.75, 3.05) is 6.54 Å². The molecule has 8 heteroatoms. The van der Waals surface area contributed by atoms with Crippen LogP contribution >= 0.6 is 0 Å². The smallest absolute Gasteiger partial charge is 0.391 e. The number of alkyl halides is 3. The Balaban J connectivity index is 1.89. The maximum absolute atomic E-state index is 13.9. The topological polar surface area (TPSA) is 61.4 Å². The summed E-state index contributed by atoms with van der Waals surface area (Å²) in [7, 11) is 0. The molecule has 0 aliphatic carbocycles. The zero-order valence-electron chi connectivity index (χ0n) is 14.6. The van der Waals surface area contributed by atoms with Crippen molar-refractivity contribution >= 4 is 6.03 Å². The third kappa shape index (κ3) is 5.96. The highest BCUT2D eigenvalue weighted by Crippen LogP contribution is 2.29. The van der Waals surface area contributed by atoms with Gasteiger partial charge in [-0.3, -0.25) is 0 Å². The summed E-state index contributed by atoms with van der Waals surface area (Å²) in [6.07, 6.45) is -5.09. The van der Waals surface area contributed by atoms with Crippen molar-refractivity contribution < 1.29 is 27.5 Å². The van der Waals surface area contributed by atoms with Crippen molar-refractivity contribution in [3.8, 4) is 0 Å². The molecule has 0 saturated heterocycles. The molecule has 2 amide bonds. The average molecular weight is 384 g/mol. The van der Waals surface area contributed by atoms with Gasteiger partial charge in [0.2, 0.25) is 0 Å². The number of benzene rings is 2. The first-order valence-corrected chi connectivity index (χ1v) is 8.31. The first kappa shape index (κ1) is 20.7. The first-order chi connectivity index (χ1) is 12.7. The second-order valence-electron chi connectivity index (χ2n) is 6.08. The molecule has 2 aromatic carbocycles. The van der Waals surface area contributed by atoms with Gasteiger partial charge in [-0.15, -0.1) is 0 Å². The Morgan fingerprint density at radius 1 is 1.11 bits per heavy atom. The van der Waals surface area contributed by atoms with Crippen LogP contribution in [0.25, 0.3) is 0 Å². The van der Waals surface area contributed by atoms with Gasteiger partial charge in [-0.05, 0) is 37.1 Å². The second kappa shape index (κ2) is 8.85. The number of aliphatic hydroxyl groups excluding tert-OH is 1. The van der Waals surface area contributed by atoms with Crippen molar-refractivity contribution in [2.24, 2.45) is 0 Å². The number of carbonyl (C=O) groups excluding carboxylic acids is 1. The minimum absolute atomic E-state index is 0.158. The Labute approximate surface area is 154 Å². The number of hydrogen-bond donors (Lipinski definition) is 3. The number of rotatable bonds is 6. The molecule has 2 atom stereocenters. The van der Waals surface area contributed by atoms with Crippen LogP contribution in [0.3, 0.4) is 0 Å². The van der Waals surface area contributed by atoms with E-state index < -0.39 is 35.7 Å². The van der Waals surface area contributed by atoms with E-state index in [2.05, 4.69) is 10.6 Å². The predicted octanol–water partition coefficient (Wildman–Crippen LogP) is 3.81. The van der Waals surface area contributed by atoms with Gasteiger partial charge in [0.15, 0.2) is 0 Å². The standard InChI is InChI=1S/C19H20F4N2O2/c1-12(26)17(15-4-2-3-5-16(15)20)25-18(27)24-11-10-13-6-8-14(9-7-13)19(21,22)23/h2-9,12,17,26H,10-11H2,1H3,(H2,24,25,27). The minimum atomic E-state index is -4.39. The summed E-state index contributed by atoms with van der Waals surface area (Å²) in [5.74, 6) is -0.548. The monoisotopic (exact) mass is 384 g/mol. The molecule has 0 saturated carbocycles. The van der Waals surface area contributed by atoms with E-state index in [1.807, 2.05) is 0 Å². The quantitative estimate of drug-likeness (QED) is 0.664. The van der Waals surface area contributed by atoms with Gasteiger partial charge in [0.1, 0.15) is 5.82 Å². The zero-order chi connectivity index (χ0) is 20.0. The lowest BCUT2D eigenvalue weighted by Crippen LogP contribution is -2.42. The number of urea groups is 1. The van der Waals surface area contributed by atoms with E-state index in [0.717, 1.165) is 12.1 Å². The van der Waals surface area contributed by atoms with Crippen LogP contribution in [0, 0.1) is 5.82 Å². The van der Waals surface area contributed by atoms with Crippen LogP contribution in [-0.2, 0) is 12.6 Å². The van der Waals surface area contributed by atoms with E-state index in [9.17, 15) is 27.5 Å². The summed E-state index contributed by atoms with van der Waals surface area (Å²) >= 11 is 0. The molecule has 146 valence electrons. The number of carbonyl (C=O) groups is 1. The molecule has 2 aromatic rings. The van der Waals surface area contributed by atoms with Crippen molar-refractivity contribution in [3.63, 3.8) is 0 Å². The highest BCUT2D eigenvalue weighted by molar-refractivity contribution is 5.74. The van der Waals surface area contributed by atoms with Gasteiger partial charge < -0.3 is 15.7 Å². The second-order valence-corrected chi connectivity index (χ2v) is 6.08. The Kier molecular flexibility index (Phi) is 6.79. The van der Waals surface area contributed by atoms with Crippen molar-refractivity contribution in [3.05, 3.63) is 71.0 Å². The fourth-order valence-electron chi connectivity index (χ4n) is 2.56. The lowest BCUT2D eigenvalue weighted by atomic mass is 10.0. The van der Waals surface area contributed by atoms with Crippen LogP contribution in [0.4, 0.5) is 22.4 Å².